The number of carbonyl (C=O) groups excluding carboxylic acids is 1. The van der Waals surface area contributed by atoms with E-state index >= 15 is 0 Å². The lowest BCUT2D eigenvalue weighted by molar-refractivity contribution is 0.187. The van der Waals surface area contributed by atoms with E-state index < -0.39 is 0 Å². The lowest BCUT2D eigenvalue weighted by atomic mass is 10.1. The Morgan fingerprint density at radius 2 is 2.09 bits per heavy atom. The van der Waals surface area contributed by atoms with Crippen LogP contribution in [0.3, 0.4) is 0 Å². The SMILES string of the molecule is CCCCCN(C(=O)Nc1cccc(C#N)c1)C(C)CCC. The first-order chi connectivity index (χ1) is 10.6. The topological polar surface area (TPSA) is 56.1 Å². The summed E-state index contributed by atoms with van der Waals surface area (Å²) in [6.45, 7) is 7.17. The van der Waals surface area contributed by atoms with Crippen LogP contribution in [0.25, 0.3) is 0 Å². The van der Waals surface area contributed by atoms with Crippen molar-refractivity contribution in [3.63, 3.8) is 0 Å². The molecule has 1 aromatic carbocycles. The maximum absolute atomic E-state index is 12.6. The second-order valence-electron chi connectivity index (χ2n) is 5.66. The first-order valence-electron chi connectivity index (χ1n) is 8.20. The molecule has 1 atom stereocenters. The van der Waals surface area contributed by atoms with Crippen molar-refractivity contribution >= 4 is 11.7 Å². The summed E-state index contributed by atoms with van der Waals surface area (Å²) < 4.78 is 0. The van der Waals surface area contributed by atoms with E-state index in [0.29, 0.717) is 11.3 Å². The molecular weight excluding hydrogens is 274 g/mol. The summed E-state index contributed by atoms with van der Waals surface area (Å²) in [7, 11) is 0. The van der Waals surface area contributed by atoms with Crippen LogP contribution in [-0.4, -0.2) is 23.5 Å². The molecule has 0 aliphatic rings. The van der Waals surface area contributed by atoms with Gasteiger partial charge in [-0.1, -0.05) is 39.2 Å². The monoisotopic (exact) mass is 301 g/mol. The van der Waals surface area contributed by atoms with Gasteiger partial charge in [0.25, 0.3) is 0 Å². The molecule has 0 radical (unpaired) electrons. The number of hydrogen-bond donors (Lipinski definition) is 1. The van der Waals surface area contributed by atoms with E-state index in [1.54, 1.807) is 18.2 Å². The molecule has 1 unspecified atom stereocenters. The number of nitrogens with one attached hydrogen (secondary N) is 1. The quantitative estimate of drug-likeness (QED) is 0.703. The second-order valence-corrected chi connectivity index (χ2v) is 5.66. The molecule has 2 amide bonds. The van der Waals surface area contributed by atoms with Crippen LogP contribution in [0.15, 0.2) is 24.3 Å². The van der Waals surface area contributed by atoms with Crippen molar-refractivity contribution in [1.82, 2.24) is 4.90 Å². The highest BCUT2D eigenvalue weighted by Crippen LogP contribution is 2.14. The van der Waals surface area contributed by atoms with Crippen LogP contribution in [0.2, 0.25) is 0 Å². The highest BCUT2D eigenvalue weighted by Gasteiger charge is 2.19. The molecule has 1 aromatic rings. The maximum Gasteiger partial charge on any atom is 0.322 e. The largest absolute Gasteiger partial charge is 0.322 e. The molecule has 0 fully saturated rings. The molecule has 0 aromatic heterocycles. The van der Waals surface area contributed by atoms with Gasteiger partial charge in [-0.15, -0.1) is 0 Å². The zero-order valence-electron chi connectivity index (χ0n) is 13.9. The third kappa shape index (κ3) is 5.77. The highest BCUT2D eigenvalue weighted by molar-refractivity contribution is 5.89. The lowest BCUT2D eigenvalue weighted by Gasteiger charge is -2.29. The van der Waals surface area contributed by atoms with Crippen molar-refractivity contribution < 1.29 is 4.79 Å². The molecule has 120 valence electrons. The molecule has 4 heteroatoms. The Labute approximate surface area is 134 Å². The zero-order valence-corrected chi connectivity index (χ0v) is 13.9. The minimum Gasteiger partial charge on any atom is -0.322 e. The van der Waals surface area contributed by atoms with Gasteiger partial charge in [0.15, 0.2) is 0 Å². The summed E-state index contributed by atoms with van der Waals surface area (Å²) in [6.07, 6.45) is 5.35. The normalized spacial score (nSPS) is 11.5. The van der Waals surface area contributed by atoms with Crippen molar-refractivity contribution in [2.45, 2.75) is 58.9 Å². The number of rotatable bonds is 8. The van der Waals surface area contributed by atoms with E-state index in [0.717, 1.165) is 38.6 Å². The van der Waals surface area contributed by atoms with Crippen LogP contribution in [0.4, 0.5) is 10.5 Å². The van der Waals surface area contributed by atoms with Crippen LogP contribution in [0.5, 0.6) is 0 Å². The first-order valence-corrected chi connectivity index (χ1v) is 8.20. The Morgan fingerprint density at radius 3 is 2.73 bits per heavy atom. The Morgan fingerprint density at radius 1 is 1.32 bits per heavy atom. The van der Waals surface area contributed by atoms with Crippen molar-refractivity contribution in [2.24, 2.45) is 0 Å². The predicted octanol–water partition coefficient (Wildman–Crippen LogP) is 4.77. The van der Waals surface area contributed by atoms with Crippen molar-refractivity contribution in [3.05, 3.63) is 29.8 Å². The average molecular weight is 301 g/mol. The number of benzene rings is 1. The smallest absolute Gasteiger partial charge is 0.322 e. The van der Waals surface area contributed by atoms with Gasteiger partial charge in [0.1, 0.15) is 0 Å². The van der Waals surface area contributed by atoms with E-state index in [-0.39, 0.29) is 12.1 Å². The fourth-order valence-electron chi connectivity index (χ4n) is 2.49. The fourth-order valence-corrected chi connectivity index (χ4v) is 2.49. The molecule has 0 saturated carbocycles. The number of unbranched alkanes of at least 4 members (excludes halogenated alkanes) is 2. The Bertz CT molecular complexity index is 507. The fraction of sp³-hybridized carbons (Fsp3) is 0.556. The van der Waals surface area contributed by atoms with E-state index in [1.165, 1.54) is 0 Å². The van der Waals surface area contributed by atoms with Gasteiger partial charge in [0.05, 0.1) is 11.6 Å². The maximum atomic E-state index is 12.6. The van der Waals surface area contributed by atoms with Gasteiger partial charge >= 0.3 is 6.03 Å². The Kier molecular flexibility index (Phi) is 8.06. The van der Waals surface area contributed by atoms with E-state index in [2.05, 4.69) is 32.2 Å². The molecule has 0 heterocycles. The van der Waals surface area contributed by atoms with E-state index in [4.69, 9.17) is 5.26 Å². The molecule has 1 rings (SSSR count). The van der Waals surface area contributed by atoms with Crippen LogP contribution in [0.1, 0.15) is 58.4 Å². The predicted molar refractivity (Wildman–Crippen MR) is 90.8 cm³/mol. The van der Waals surface area contributed by atoms with Crippen LogP contribution in [-0.2, 0) is 0 Å². The van der Waals surface area contributed by atoms with Crippen molar-refractivity contribution in [1.29, 1.82) is 5.26 Å². The Balaban J connectivity index is 2.74. The van der Waals surface area contributed by atoms with Crippen molar-refractivity contribution in [3.8, 4) is 6.07 Å². The third-order valence-corrected chi connectivity index (χ3v) is 3.74. The summed E-state index contributed by atoms with van der Waals surface area (Å²) >= 11 is 0. The van der Waals surface area contributed by atoms with Crippen molar-refractivity contribution in [2.75, 3.05) is 11.9 Å². The summed E-state index contributed by atoms with van der Waals surface area (Å²) in [5.41, 5.74) is 1.23. The van der Waals surface area contributed by atoms with Crippen LogP contribution in [0, 0.1) is 11.3 Å². The standard InChI is InChI=1S/C18H27N3O/c1-4-6-7-12-21(15(3)9-5-2)18(22)20-17-11-8-10-16(13-17)14-19/h8,10-11,13,15H,4-7,9,12H2,1-3H3,(H,20,22). The zero-order chi connectivity index (χ0) is 16.4. The minimum atomic E-state index is -0.0767. The van der Waals surface area contributed by atoms with Gasteiger partial charge in [0, 0.05) is 18.3 Å². The summed E-state index contributed by atoms with van der Waals surface area (Å²) in [4.78, 5) is 14.5. The number of carbonyl (C=O) groups is 1. The molecular formula is C18H27N3O. The molecule has 0 saturated heterocycles. The lowest BCUT2D eigenvalue weighted by Crippen LogP contribution is -2.42. The van der Waals surface area contributed by atoms with Crippen LogP contribution >= 0.6 is 0 Å². The number of hydrogen-bond acceptors (Lipinski definition) is 2. The highest BCUT2D eigenvalue weighted by atomic mass is 16.2. The number of amides is 2. The average Bonchev–Trinajstić information content (AvgIpc) is 2.51. The van der Waals surface area contributed by atoms with Crippen LogP contribution < -0.4 is 5.32 Å². The van der Waals surface area contributed by atoms with Gasteiger partial charge in [-0.3, -0.25) is 0 Å². The Hall–Kier alpha value is -2.02. The van der Waals surface area contributed by atoms with Gasteiger partial charge < -0.3 is 10.2 Å². The summed E-state index contributed by atoms with van der Waals surface area (Å²) in [5, 5.41) is 11.9. The van der Waals surface area contributed by atoms with E-state index in [9.17, 15) is 4.79 Å². The number of nitrogens with zero attached hydrogens (tertiary/aromatic N) is 2. The molecule has 22 heavy (non-hydrogen) atoms. The molecule has 4 nitrogen and oxygen atoms in total. The summed E-state index contributed by atoms with van der Waals surface area (Å²) in [5.74, 6) is 0. The molecule has 0 aliphatic carbocycles. The molecule has 0 spiro atoms. The third-order valence-electron chi connectivity index (χ3n) is 3.74. The molecule has 0 aliphatic heterocycles. The number of nitriles is 1. The van der Waals surface area contributed by atoms with E-state index in [1.807, 2.05) is 11.0 Å². The van der Waals surface area contributed by atoms with Gasteiger partial charge in [-0.2, -0.15) is 5.26 Å². The van der Waals surface area contributed by atoms with Gasteiger partial charge in [0.2, 0.25) is 0 Å². The number of urea groups is 1. The second kappa shape index (κ2) is 9.83. The van der Waals surface area contributed by atoms with Gasteiger partial charge in [-0.05, 0) is 38.0 Å². The summed E-state index contributed by atoms with van der Waals surface area (Å²) in [6, 6.07) is 9.26. The minimum absolute atomic E-state index is 0.0767. The molecule has 0 bridgehead atoms. The van der Waals surface area contributed by atoms with Gasteiger partial charge in [-0.25, -0.2) is 4.79 Å². The first kappa shape index (κ1) is 18.0. The molecule has 1 N–H and O–H groups in total. The number of anilines is 1.